The van der Waals surface area contributed by atoms with Crippen molar-refractivity contribution in [2.75, 3.05) is 0 Å². The Bertz CT molecular complexity index is 942. The van der Waals surface area contributed by atoms with E-state index in [-0.39, 0.29) is 16.7 Å². The molecule has 0 aliphatic carbocycles. The number of aromatic nitrogens is 4. The van der Waals surface area contributed by atoms with Crippen molar-refractivity contribution in [2.45, 2.75) is 13.3 Å². The van der Waals surface area contributed by atoms with E-state index in [9.17, 15) is 14.9 Å². The van der Waals surface area contributed by atoms with E-state index < -0.39 is 10.5 Å². The molecule has 0 unspecified atom stereocenters. The minimum atomic E-state index is -0.617. The molecule has 0 radical (unpaired) electrons. The van der Waals surface area contributed by atoms with Crippen LogP contribution in [0.2, 0.25) is 0 Å². The van der Waals surface area contributed by atoms with Crippen molar-refractivity contribution in [1.82, 2.24) is 19.9 Å². The second-order valence-electron chi connectivity index (χ2n) is 4.35. The van der Waals surface area contributed by atoms with Gasteiger partial charge in [-0.1, -0.05) is 6.92 Å². The zero-order valence-electron chi connectivity index (χ0n) is 11.0. The first kappa shape index (κ1) is 13.0. The second-order valence-corrected chi connectivity index (χ2v) is 4.35. The van der Waals surface area contributed by atoms with Gasteiger partial charge in [0, 0.05) is 12.3 Å². The molecule has 0 aliphatic rings. The highest BCUT2D eigenvalue weighted by molar-refractivity contribution is 5.82. The topological polar surface area (TPSA) is 112 Å². The summed E-state index contributed by atoms with van der Waals surface area (Å²) in [6, 6.07) is 2.90. The lowest BCUT2D eigenvalue weighted by Crippen LogP contribution is -2.04. The molecule has 0 fully saturated rings. The highest BCUT2D eigenvalue weighted by Crippen LogP contribution is 2.16. The Morgan fingerprint density at radius 3 is 2.76 bits per heavy atom. The third-order valence-corrected chi connectivity index (χ3v) is 3.09. The Hall–Kier alpha value is -3.03. The van der Waals surface area contributed by atoms with Gasteiger partial charge in [0.2, 0.25) is 0 Å². The first-order valence-electron chi connectivity index (χ1n) is 6.20. The SMILES string of the molecule is CCc1ccnc2nc3ncc([N+](=O)[O-])cc3c(=O)nc12. The molecular weight excluding hydrogens is 274 g/mol. The van der Waals surface area contributed by atoms with Gasteiger partial charge in [-0.25, -0.2) is 19.9 Å². The fourth-order valence-corrected chi connectivity index (χ4v) is 2.03. The average Bonchev–Trinajstić information content (AvgIpc) is 2.62. The summed E-state index contributed by atoms with van der Waals surface area (Å²) < 4.78 is 0. The van der Waals surface area contributed by atoms with Crippen LogP contribution in [-0.4, -0.2) is 24.9 Å². The third-order valence-electron chi connectivity index (χ3n) is 3.09. The van der Waals surface area contributed by atoms with Gasteiger partial charge < -0.3 is 0 Å². The normalized spacial score (nSPS) is 10.9. The largest absolute Gasteiger partial charge is 0.288 e. The molecule has 0 aliphatic heterocycles. The number of hydrogen-bond acceptors (Lipinski definition) is 7. The molecule has 3 heterocycles. The molecule has 3 aromatic heterocycles. The van der Waals surface area contributed by atoms with Crippen LogP contribution in [0.4, 0.5) is 5.69 Å². The highest BCUT2D eigenvalue weighted by atomic mass is 16.6. The van der Waals surface area contributed by atoms with Gasteiger partial charge in [0.05, 0.1) is 10.3 Å². The van der Waals surface area contributed by atoms with E-state index in [4.69, 9.17) is 0 Å². The van der Waals surface area contributed by atoms with Crippen LogP contribution in [0.25, 0.3) is 22.2 Å². The molecule has 104 valence electrons. The summed E-state index contributed by atoms with van der Waals surface area (Å²) in [7, 11) is 0. The molecule has 0 amide bonds. The van der Waals surface area contributed by atoms with Crippen LogP contribution < -0.4 is 5.56 Å². The summed E-state index contributed by atoms with van der Waals surface area (Å²) in [5.74, 6) is 0. The number of rotatable bonds is 2. The summed E-state index contributed by atoms with van der Waals surface area (Å²) in [4.78, 5) is 38.5. The van der Waals surface area contributed by atoms with E-state index in [2.05, 4.69) is 19.9 Å². The number of nitro groups is 1. The van der Waals surface area contributed by atoms with Gasteiger partial charge in [-0.05, 0) is 18.1 Å². The van der Waals surface area contributed by atoms with E-state index in [1.807, 2.05) is 6.92 Å². The van der Waals surface area contributed by atoms with Gasteiger partial charge in [-0.15, -0.1) is 0 Å². The number of fused-ring (bicyclic) bond motifs is 2. The van der Waals surface area contributed by atoms with Crippen LogP contribution in [-0.2, 0) is 6.42 Å². The van der Waals surface area contributed by atoms with Crippen LogP contribution in [0.3, 0.4) is 0 Å². The smallest absolute Gasteiger partial charge is 0.267 e. The van der Waals surface area contributed by atoms with Gasteiger partial charge >= 0.3 is 0 Å². The first-order chi connectivity index (χ1) is 10.1. The predicted octanol–water partition coefficient (Wildman–Crippen LogP) is 1.40. The number of aryl methyl sites for hydroxylation is 1. The Labute approximate surface area is 117 Å². The van der Waals surface area contributed by atoms with E-state index in [1.165, 1.54) is 0 Å². The van der Waals surface area contributed by atoms with Crippen molar-refractivity contribution in [2.24, 2.45) is 0 Å². The molecule has 0 saturated heterocycles. The molecule has 8 nitrogen and oxygen atoms in total. The van der Waals surface area contributed by atoms with E-state index >= 15 is 0 Å². The number of hydrogen-bond donors (Lipinski definition) is 0. The third kappa shape index (κ3) is 2.16. The van der Waals surface area contributed by atoms with Gasteiger partial charge in [-0.2, -0.15) is 0 Å². The first-order valence-corrected chi connectivity index (χ1v) is 6.20. The summed E-state index contributed by atoms with van der Waals surface area (Å²) in [6.45, 7) is 1.93. The molecule has 3 aromatic rings. The van der Waals surface area contributed by atoms with Crippen LogP contribution in [0.5, 0.6) is 0 Å². The average molecular weight is 283 g/mol. The quantitative estimate of drug-likeness (QED) is 0.516. The van der Waals surface area contributed by atoms with E-state index in [0.29, 0.717) is 17.6 Å². The van der Waals surface area contributed by atoms with Crippen LogP contribution >= 0.6 is 0 Å². The van der Waals surface area contributed by atoms with E-state index in [0.717, 1.165) is 17.8 Å². The van der Waals surface area contributed by atoms with Crippen LogP contribution in [0.1, 0.15) is 12.5 Å². The molecular formula is C13H9N5O3. The van der Waals surface area contributed by atoms with Crippen molar-refractivity contribution in [3.8, 4) is 0 Å². The molecule has 21 heavy (non-hydrogen) atoms. The summed E-state index contributed by atoms with van der Waals surface area (Å²) >= 11 is 0. The monoisotopic (exact) mass is 283 g/mol. The zero-order chi connectivity index (χ0) is 15.0. The lowest BCUT2D eigenvalue weighted by atomic mass is 10.2. The van der Waals surface area contributed by atoms with Gasteiger partial charge in [-0.3, -0.25) is 14.9 Å². The molecule has 0 spiro atoms. The standard InChI is InChI=1S/C13H9N5O3/c1-2-7-3-4-14-12-10(7)16-13(19)9-5-8(18(20)21)6-15-11(9)17-12/h3-6H,2H2,1H3. The maximum absolute atomic E-state index is 12.2. The van der Waals surface area contributed by atoms with Crippen molar-refractivity contribution in [3.63, 3.8) is 0 Å². The Balaban J connectivity index is 2.49. The molecule has 0 bridgehead atoms. The maximum atomic E-state index is 12.2. The number of nitrogens with zero attached hydrogens (tertiary/aromatic N) is 5. The molecule has 0 aromatic carbocycles. The lowest BCUT2D eigenvalue weighted by Gasteiger charge is -1.96. The van der Waals surface area contributed by atoms with Gasteiger partial charge in [0.1, 0.15) is 11.7 Å². The van der Waals surface area contributed by atoms with Crippen LogP contribution in [0.15, 0.2) is 29.3 Å². The van der Waals surface area contributed by atoms with Crippen molar-refractivity contribution < 1.29 is 4.92 Å². The van der Waals surface area contributed by atoms with E-state index in [1.54, 1.807) is 12.3 Å². The van der Waals surface area contributed by atoms with Crippen LogP contribution in [0, 0.1) is 10.1 Å². The fraction of sp³-hybridized carbons (Fsp3) is 0.154. The highest BCUT2D eigenvalue weighted by Gasteiger charge is 2.12. The molecule has 0 N–H and O–H groups in total. The van der Waals surface area contributed by atoms with Crippen molar-refractivity contribution in [1.29, 1.82) is 0 Å². The van der Waals surface area contributed by atoms with Crippen molar-refractivity contribution >= 4 is 27.9 Å². The van der Waals surface area contributed by atoms with Gasteiger partial charge in [0.25, 0.3) is 11.2 Å². The molecule has 0 atom stereocenters. The predicted molar refractivity (Wildman–Crippen MR) is 74.9 cm³/mol. The molecule has 3 rings (SSSR count). The zero-order valence-corrected chi connectivity index (χ0v) is 11.0. The number of pyridine rings is 2. The second kappa shape index (κ2) is 4.82. The Morgan fingerprint density at radius 2 is 2.05 bits per heavy atom. The van der Waals surface area contributed by atoms with Crippen molar-refractivity contribution in [3.05, 3.63) is 50.6 Å². The molecule has 0 saturated carbocycles. The minimum Gasteiger partial charge on any atom is -0.267 e. The molecule has 8 heteroatoms. The Kier molecular flexibility index (Phi) is 2.98. The fourth-order valence-electron chi connectivity index (χ4n) is 2.03. The van der Waals surface area contributed by atoms with Gasteiger partial charge in [0.15, 0.2) is 11.3 Å². The summed E-state index contributed by atoms with van der Waals surface area (Å²) in [5.41, 5.74) is 0.732. The maximum Gasteiger partial charge on any atom is 0.288 e. The minimum absolute atomic E-state index is 0.00394. The summed E-state index contributed by atoms with van der Waals surface area (Å²) in [5, 5.41) is 10.8. The Morgan fingerprint density at radius 1 is 1.24 bits per heavy atom. The lowest BCUT2D eigenvalue weighted by molar-refractivity contribution is -0.385. The summed E-state index contributed by atoms with van der Waals surface area (Å²) in [6.07, 6.45) is 3.31.